The number of carbonyl (C=O) groups is 1. The summed E-state index contributed by atoms with van der Waals surface area (Å²) in [6, 6.07) is 0. The van der Waals surface area contributed by atoms with Gasteiger partial charge in [0, 0.05) is 5.92 Å². The Kier molecular flexibility index (Phi) is 3.57. The smallest absolute Gasteiger partial charge is 0.306 e. The number of unbranched alkanes of at least 4 members (excludes halogenated alkanes) is 2. The van der Waals surface area contributed by atoms with E-state index < -0.39 is 0 Å². The quantitative estimate of drug-likeness (QED) is 0.478. The van der Waals surface area contributed by atoms with Crippen LogP contribution in [0, 0.1) is 5.92 Å². The average Bonchev–Trinajstić information content (AvgIpc) is 2.31. The van der Waals surface area contributed by atoms with Crippen molar-refractivity contribution in [3.05, 3.63) is 0 Å². The summed E-state index contributed by atoms with van der Waals surface area (Å²) in [5.74, 6) is 0.429. The molecule has 0 spiro atoms. The summed E-state index contributed by atoms with van der Waals surface area (Å²) in [5.41, 5.74) is 0. The van der Waals surface area contributed by atoms with Crippen LogP contribution in [0.3, 0.4) is 0 Å². The second-order valence-electron chi connectivity index (χ2n) is 3.71. The van der Waals surface area contributed by atoms with Crippen LogP contribution in [0.1, 0.15) is 46.0 Å². The van der Waals surface area contributed by atoms with Gasteiger partial charge in [0.2, 0.25) is 0 Å². The fraction of sp³-hybridized carbons (Fsp3) is 0.900. The lowest BCUT2D eigenvalue weighted by Crippen LogP contribution is -2.12. The highest BCUT2D eigenvalue weighted by Crippen LogP contribution is 2.25. The van der Waals surface area contributed by atoms with Gasteiger partial charge >= 0.3 is 5.97 Å². The van der Waals surface area contributed by atoms with Gasteiger partial charge in [0.1, 0.15) is 6.10 Å². The Labute approximate surface area is 74.3 Å². The van der Waals surface area contributed by atoms with Crippen molar-refractivity contribution in [3.8, 4) is 0 Å². The van der Waals surface area contributed by atoms with E-state index in [1.165, 1.54) is 19.3 Å². The Hall–Kier alpha value is -0.530. The maximum atomic E-state index is 10.9. The molecular weight excluding hydrogens is 152 g/mol. The molecule has 1 aliphatic rings. The van der Waals surface area contributed by atoms with Crippen molar-refractivity contribution in [3.63, 3.8) is 0 Å². The van der Waals surface area contributed by atoms with Crippen molar-refractivity contribution in [2.45, 2.75) is 52.1 Å². The lowest BCUT2D eigenvalue weighted by Gasteiger charge is -2.12. The number of hydrogen-bond acceptors (Lipinski definition) is 2. The van der Waals surface area contributed by atoms with E-state index in [0.29, 0.717) is 12.3 Å². The van der Waals surface area contributed by atoms with E-state index in [-0.39, 0.29) is 12.1 Å². The summed E-state index contributed by atoms with van der Waals surface area (Å²) in [6.07, 6.45) is 5.57. The lowest BCUT2D eigenvalue weighted by molar-refractivity contribution is -0.141. The molecular formula is C10H18O2. The van der Waals surface area contributed by atoms with Crippen molar-refractivity contribution < 1.29 is 9.53 Å². The van der Waals surface area contributed by atoms with E-state index >= 15 is 0 Å². The summed E-state index contributed by atoms with van der Waals surface area (Å²) >= 11 is 0. The summed E-state index contributed by atoms with van der Waals surface area (Å²) in [7, 11) is 0. The maximum Gasteiger partial charge on any atom is 0.306 e. The molecule has 1 aliphatic heterocycles. The Balaban J connectivity index is 2.19. The van der Waals surface area contributed by atoms with Crippen LogP contribution in [0.5, 0.6) is 0 Å². The van der Waals surface area contributed by atoms with Gasteiger partial charge in [0.15, 0.2) is 0 Å². The van der Waals surface area contributed by atoms with Crippen LogP contribution in [0.25, 0.3) is 0 Å². The predicted molar refractivity (Wildman–Crippen MR) is 47.8 cm³/mol. The van der Waals surface area contributed by atoms with Gasteiger partial charge in [0.25, 0.3) is 0 Å². The minimum atomic E-state index is -0.0102. The van der Waals surface area contributed by atoms with Crippen molar-refractivity contribution in [1.82, 2.24) is 0 Å². The first-order chi connectivity index (χ1) is 5.74. The van der Waals surface area contributed by atoms with Gasteiger partial charge in [0.05, 0.1) is 6.42 Å². The van der Waals surface area contributed by atoms with Crippen LogP contribution >= 0.6 is 0 Å². The topological polar surface area (TPSA) is 26.3 Å². The van der Waals surface area contributed by atoms with Gasteiger partial charge in [-0.15, -0.1) is 0 Å². The zero-order valence-corrected chi connectivity index (χ0v) is 8.01. The maximum absolute atomic E-state index is 10.9. The zero-order chi connectivity index (χ0) is 8.97. The minimum Gasteiger partial charge on any atom is -0.462 e. The number of ether oxygens (including phenoxy) is 1. The highest BCUT2D eigenvalue weighted by Gasteiger charge is 2.30. The summed E-state index contributed by atoms with van der Waals surface area (Å²) in [4.78, 5) is 10.9. The Morgan fingerprint density at radius 2 is 2.25 bits per heavy atom. The molecule has 1 heterocycles. The molecule has 0 saturated carbocycles. The summed E-state index contributed by atoms with van der Waals surface area (Å²) < 4.78 is 5.18. The molecule has 0 radical (unpaired) electrons. The standard InChI is InChI=1S/C10H18O2/c1-3-4-5-6-9-8(2)7-10(11)12-9/h8-9H,3-7H2,1-2H3/t8-,9+/m1/s1. The van der Waals surface area contributed by atoms with Gasteiger partial charge in [-0.25, -0.2) is 0 Å². The van der Waals surface area contributed by atoms with E-state index in [9.17, 15) is 4.79 Å². The van der Waals surface area contributed by atoms with Crippen LogP contribution in [-0.2, 0) is 9.53 Å². The molecule has 0 aliphatic carbocycles. The number of hydrogen-bond donors (Lipinski definition) is 0. The van der Waals surface area contributed by atoms with E-state index in [4.69, 9.17) is 4.74 Å². The molecule has 0 amide bonds. The van der Waals surface area contributed by atoms with Gasteiger partial charge in [-0.2, -0.15) is 0 Å². The first kappa shape index (κ1) is 9.56. The second kappa shape index (κ2) is 4.48. The van der Waals surface area contributed by atoms with Crippen molar-refractivity contribution >= 4 is 5.97 Å². The fourth-order valence-corrected chi connectivity index (χ4v) is 1.67. The Morgan fingerprint density at radius 1 is 1.50 bits per heavy atom. The van der Waals surface area contributed by atoms with E-state index in [2.05, 4.69) is 13.8 Å². The van der Waals surface area contributed by atoms with Gasteiger partial charge in [-0.05, 0) is 12.8 Å². The molecule has 0 aromatic heterocycles. The monoisotopic (exact) mass is 170 g/mol. The third kappa shape index (κ3) is 2.50. The molecule has 12 heavy (non-hydrogen) atoms. The van der Waals surface area contributed by atoms with Crippen LogP contribution in [0.4, 0.5) is 0 Å². The van der Waals surface area contributed by atoms with Crippen molar-refractivity contribution in [2.75, 3.05) is 0 Å². The minimum absolute atomic E-state index is 0.0102. The lowest BCUT2D eigenvalue weighted by atomic mass is 9.99. The van der Waals surface area contributed by atoms with Crippen molar-refractivity contribution in [2.24, 2.45) is 5.92 Å². The molecule has 0 N–H and O–H groups in total. The molecule has 0 aromatic carbocycles. The third-order valence-corrected chi connectivity index (χ3v) is 2.50. The van der Waals surface area contributed by atoms with Crippen LogP contribution in [0.15, 0.2) is 0 Å². The molecule has 1 saturated heterocycles. The number of carbonyl (C=O) groups excluding carboxylic acids is 1. The molecule has 2 atom stereocenters. The zero-order valence-electron chi connectivity index (χ0n) is 8.01. The number of rotatable bonds is 4. The van der Waals surface area contributed by atoms with E-state index in [1.54, 1.807) is 0 Å². The van der Waals surface area contributed by atoms with Gasteiger partial charge in [-0.3, -0.25) is 4.79 Å². The summed E-state index contributed by atoms with van der Waals surface area (Å²) in [5, 5.41) is 0. The SMILES string of the molecule is CCCCC[C@@H]1OC(=O)C[C@H]1C. The first-order valence-electron chi connectivity index (χ1n) is 4.93. The Morgan fingerprint density at radius 3 is 2.75 bits per heavy atom. The van der Waals surface area contributed by atoms with E-state index in [1.807, 2.05) is 0 Å². The molecule has 2 nitrogen and oxygen atoms in total. The largest absolute Gasteiger partial charge is 0.462 e. The summed E-state index contributed by atoms with van der Waals surface area (Å²) in [6.45, 7) is 4.28. The molecule has 0 aromatic rings. The van der Waals surface area contributed by atoms with Crippen LogP contribution in [0.2, 0.25) is 0 Å². The Bertz CT molecular complexity index is 154. The first-order valence-corrected chi connectivity index (χ1v) is 4.93. The van der Waals surface area contributed by atoms with Gasteiger partial charge < -0.3 is 4.74 Å². The van der Waals surface area contributed by atoms with Gasteiger partial charge in [-0.1, -0.05) is 26.7 Å². The molecule has 2 heteroatoms. The van der Waals surface area contributed by atoms with E-state index in [0.717, 1.165) is 6.42 Å². The average molecular weight is 170 g/mol. The fourth-order valence-electron chi connectivity index (χ4n) is 1.67. The van der Waals surface area contributed by atoms with Crippen LogP contribution < -0.4 is 0 Å². The second-order valence-corrected chi connectivity index (χ2v) is 3.71. The highest BCUT2D eigenvalue weighted by molar-refractivity contribution is 5.71. The predicted octanol–water partition coefficient (Wildman–Crippen LogP) is 2.52. The molecule has 0 unspecified atom stereocenters. The molecule has 70 valence electrons. The van der Waals surface area contributed by atoms with Crippen LogP contribution in [-0.4, -0.2) is 12.1 Å². The molecule has 1 fully saturated rings. The third-order valence-electron chi connectivity index (χ3n) is 2.50. The number of cyclic esters (lactones) is 1. The number of esters is 1. The highest BCUT2D eigenvalue weighted by atomic mass is 16.5. The molecule has 1 rings (SSSR count). The van der Waals surface area contributed by atoms with Crippen molar-refractivity contribution in [1.29, 1.82) is 0 Å². The normalized spacial score (nSPS) is 29.0. The molecule has 0 bridgehead atoms.